The molecule has 9 heteroatoms. The van der Waals surface area contributed by atoms with Gasteiger partial charge in [-0.3, -0.25) is 9.89 Å². The Morgan fingerprint density at radius 3 is 2.54 bits per heavy atom. The number of nitrogens with one attached hydrogen (secondary N) is 2. The van der Waals surface area contributed by atoms with Crippen LogP contribution in [0.15, 0.2) is 4.99 Å². The van der Waals surface area contributed by atoms with Crippen LogP contribution in [0.3, 0.4) is 0 Å². The number of alkyl halides is 3. The van der Waals surface area contributed by atoms with Gasteiger partial charge in [0.1, 0.15) is 0 Å². The molecule has 0 radical (unpaired) electrons. The van der Waals surface area contributed by atoms with E-state index in [2.05, 4.69) is 31.4 Å². The maximum absolute atomic E-state index is 12.6. The molecule has 0 saturated carbocycles. The molecule has 2 rings (SSSR count). The highest BCUT2D eigenvalue weighted by Gasteiger charge is 2.36. The summed E-state index contributed by atoms with van der Waals surface area (Å²) in [5.74, 6) is 1.05. The zero-order valence-corrected chi connectivity index (χ0v) is 19.8. The van der Waals surface area contributed by atoms with Gasteiger partial charge < -0.3 is 15.4 Å². The van der Waals surface area contributed by atoms with Crippen molar-refractivity contribution < 1.29 is 17.9 Å². The van der Waals surface area contributed by atoms with Gasteiger partial charge in [-0.15, -0.1) is 24.0 Å². The summed E-state index contributed by atoms with van der Waals surface area (Å²) in [6.45, 7) is 10.8. The van der Waals surface area contributed by atoms with Crippen LogP contribution in [-0.2, 0) is 4.74 Å². The van der Waals surface area contributed by atoms with Crippen molar-refractivity contribution in [2.24, 2.45) is 16.3 Å². The van der Waals surface area contributed by atoms with E-state index in [0.717, 1.165) is 19.4 Å². The van der Waals surface area contributed by atoms with Crippen molar-refractivity contribution in [3.63, 3.8) is 0 Å². The number of ether oxygens (including phenoxy) is 1. The van der Waals surface area contributed by atoms with Crippen molar-refractivity contribution in [1.82, 2.24) is 15.5 Å². The van der Waals surface area contributed by atoms with Crippen molar-refractivity contribution >= 4 is 29.9 Å². The number of halogens is 4. The van der Waals surface area contributed by atoms with Gasteiger partial charge in [0.05, 0.1) is 12.6 Å². The number of hydrogen-bond acceptors (Lipinski definition) is 3. The van der Waals surface area contributed by atoms with Crippen molar-refractivity contribution in [3.8, 4) is 0 Å². The fourth-order valence-corrected chi connectivity index (χ4v) is 4.06. The molecule has 0 aromatic heterocycles. The van der Waals surface area contributed by atoms with Gasteiger partial charge in [0.15, 0.2) is 5.96 Å². The quantitative estimate of drug-likeness (QED) is 0.330. The molecule has 0 aliphatic carbocycles. The van der Waals surface area contributed by atoms with E-state index in [-0.39, 0.29) is 41.5 Å². The predicted octanol–water partition coefficient (Wildman–Crippen LogP) is 3.64. The molecule has 0 aromatic rings. The summed E-state index contributed by atoms with van der Waals surface area (Å²) >= 11 is 0. The largest absolute Gasteiger partial charge is 0.401 e. The van der Waals surface area contributed by atoms with Crippen LogP contribution in [0.2, 0.25) is 0 Å². The lowest BCUT2D eigenvalue weighted by atomic mass is 9.78. The van der Waals surface area contributed by atoms with Crippen molar-refractivity contribution in [2.45, 2.75) is 65.3 Å². The maximum atomic E-state index is 12.6. The molecule has 0 bridgehead atoms. The Kier molecular flexibility index (Phi) is 10.3. The first-order valence-corrected chi connectivity index (χ1v) is 10.0. The fourth-order valence-electron chi connectivity index (χ4n) is 4.06. The third kappa shape index (κ3) is 8.61. The van der Waals surface area contributed by atoms with Gasteiger partial charge in [-0.25, -0.2) is 0 Å². The molecule has 3 atom stereocenters. The van der Waals surface area contributed by atoms with Crippen LogP contribution in [0.1, 0.15) is 47.0 Å². The molecule has 28 heavy (non-hydrogen) atoms. The molecule has 0 amide bonds. The summed E-state index contributed by atoms with van der Waals surface area (Å²) in [5, 5.41) is 6.54. The molecule has 0 spiro atoms. The smallest absolute Gasteiger partial charge is 0.377 e. The Bertz CT molecular complexity index is 497. The minimum Gasteiger partial charge on any atom is -0.377 e. The zero-order valence-electron chi connectivity index (χ0n) is 17.4. The molecule has 0 aromatic carbocycles. The van der Waals surface area contributed by atoms with E-state index in [9.17, 15) is 13.2 Å². The summed E-state index contributed by atoms with van der Waals surface area (Å²) in [6, 6.07) is -0.00818. The first-order chi connectivity index (χ1) is 12.6. The molecule has 2 fully saturated rings. The van der Waals surface area contributed by atoms with E-state index in [1.807, 2.05) is 6.92 Å². The van der Waals surface area contributed by atoms with Crippen molar-refractivity contribution in [1.29, 1.82) is 0 Å². The summed E-state index contributed by atoms with van der Waals surface area (Å²) in [4.78, 5) is 6.19. The lowest BCUT2D eigenvalue weighted by molar-refractivity contribution is -0.143. The summed E-state index contributed by atoms with van der Waals surface area (Å²) in [6.07, 6.45) is -1.14. The van der Waals surface area contributed by atoms with E-state index in [0.29, 0.717) is 44.5 Å². The molecule has 2 heterocycles. The molecule has 166 valence electrons. The second-order valence-electron chi connectivity index (χ2n) is 8.76. The minimum atomic E-state index is -4.14. The van der Waals surface area contributed by atoms with E-state index < -0.39 is 12.7 Å². The Hall–Kier alpha value is -0.290. The monoisotopic (exact) mass is 520 g/mol. The van der Waals surface area contributed by atoms with Gasteiger partial charge in [-0.1, -0.05) is 20.8 Å². The fraction of sp³-hybridized carbons (Fsp3) is 0.947. The lowest BCUT2D eigenvalue weighted by Gasteiger charge is -2.39. The molecular weight excluding hydrogens is 484 g/mol. The van der Waals surface area contributed by atoms with Crippen LogP contribution >= 0.6 is 24.0 Å². The van der Waals surface area contributed by atoms with Gasteiger partial charge in [-0.2, -0.15) is 13.2 Å². The Labute approximate surface area is 184 Å². The summed E-state index contributed by atoms with van der Waals surface area (Å²) in [7, 11) is 0. The van der Waals surface area contributed by atoms with Crippen molar-refractivity contribution in [3.05, 3.63) is 0 Å². The number of nitrogens with zero attached hydrogens (tertiary/aromatic N) is 2. The minimum absolute atomic E-state index is 0. The Balaban J connectivity index is 0.00000392. The number of likely N-dealkylation sites (tertiary alicyclic amines) is 1. The first kappa shape index (κ1) is 25.7. The van der Waals surface area contributed by atoms with Crippen LogP contribution in [0.25, 0.3) is 0 Å². The van der Waals surface area contributed by atoms with Crippen LogP contribution in [0.4, 0.5) is 13.2 Å². The first-order valence-electron chi connectivity index (χ1n) is 10.0. The normalized spacial score (nSPS) is 27.4. The van der Waals surface area contributed by atoms with E-state index in [4.69, 9.17) is 9.73 Å². The third-order valence-electron chi connectivity index (χ3n) is 5.14. The summed E-state index contributed by atoms with van der Waals surface area (Å²) < 4.78 is 43.7. The topological polar surface area (TPSA) is 48.9 Å². The standard InChI is InChI=1S/C19H35F3N4O.HI/c1-5-23-17(25-15-8-9-26(12-15)13-19(20,21)22)24-11-14-7-6-10-27-16(14)18(2,3)4;/h14-16H,5-13H2,1-4H3,(H2,23,24,25);1H. The van der Waals surface area contributed by atoms with Crippen LogP contribution in [-0.4, -0.2) is 68.5 Å². The average molecular weight is 520 g/mol. The van der Waals surface area contributed by atoms with Crippen LogP contribution in [0.5, 0.6) is 0 Å². The van der Waals surface area contributed by atoms with Gasteiger partial charge in [0.25, 0.3) is 0 Å². The van der Waals surface area contributed by atoms with Gasteiger partial charge in [0.2, 0.25) is 0 Å². The summed E-state index contributed by atoms with van der Waals surface area (Å²) in [5.41, 5.74) is 0.0654. The second kappa shape index (κ2) is 11.2. The molecule has 2 aliphatic rings. The third-order valence-corrected chi connectivity index (χ3v) is 5.14. The molecule has 3 unspecified atom stereocenters. The maximum Gasteiger partial charge on any atom is 0.401 e. The van der Waals surface area contributed by atoms with E-state index in [1.165, 1.54) is 4.90 Å². The highest BCUT2D eigenvalue weighted by molar-refractivity contribution is 14.0. The molecular formula is C19H36F3IN4O. The van der Waals surface area contributed by atoms with Crippen LogP contribution < -0.4 is 10.6 Å². The van der Waals surface area contributed by atoms with E-state index >= 15 is 0 Å². The Morgan fingerprint density at radius 2 is 1.93 bits per heavy atom. The zero-order chi connectivity index (χ0) is 20.1. The highest BCUT2D eigenvalue weighted by atomic mass is 127. The number of hydrogen-bond donors (Lipinski definition) is 2. The number of aliphatic imine (C=N–C) groups is 1. The van der Waals surface area contributed by atoms with Crippen LogP contribution in [0, 0.1) is 11.3 Å². The predicted molar refractivity (Wildman–Crippen MR) is 117 cm³/mol. The van der Waals surface area contributed by atoms with Crippen molar-refractivity contribution in [2.75, 3.05) is 39.3 Å². The second-order valence-corrected chi connectivity index (χ2v) is 8.76. The number of guanidine groups is 1. The molecule has 5 nitrogen and oxygen atoms in total. The molecule has 2 saturated heterocycles. The average Bonchev–Trinajstić information content (AvgIpc) is 2.97. The SMILES string of the molecule is CCNC(=NCC1CCCOC1C(C)(C)C)NC1CCN(CC(F)(F)F)C1.I. The van der Waals surface area contributed by atoms with Gasteiger partial charge in [-0.05, 0) is 31.6 Å². The number of rotatable bonds is 5. The Morgan fingerprint density at radius 1 is 1.21 bits per heavy atom. The molecule has 2 aliphatic heterocycles. The molecule has 2 N–H and O–H groups in total. The van der Waals surface area contributed by atoms with Gasteiger partial charge >= 0.3 is 6.18 Å². The highest BCUT2D eigenvalue weighted by Crippen LogP contribution is 2.34. The van der Waals surface area contributed by atoms with E-state index in [1.54, 1.807) is 0 Å². The lowest BCUT2D eigenvalue weighted by Crippen LogP contribution is -2.46. The van der Waals surface area contributed by atoms with Gasteiger partial charge in [0, 0.05) is 44.7 Å².